The van der Waals surface area contributed by atoms with Crippen LogP contribution in [0.2, 0.25) is 5.02 Å². The number of rotatable bonds is 4. The van der Waals surface area contributed by atoms with E-state index in [2.05, 4.69) is 0 Å². The fourth-order valence-corrected chi connectivity index (χ4v) is 2.25. The average molecular weight is 311 g/mol. The van der Waals surface area contributed by atoms with E-state index < -0.39 is 15.0 Å². The summed E-state index contributed by atoms with van der Waals surface area (Å²) >= 11 is 5.73. The standard InChI is InChI=1S/C11H12Cl2O4S/c1-7(2)6-17-11(14)8-3-9(12)5-10(4-8)18(13,15)16/h3-5,7H,6H2,1-2H3. The largest absolute Gasteiger partial charge is 0.462 e. The van der Waals surface area contributed by atoms with Gasteiger partial charge < -0.3 is 4.74 Å². The van der Waals surface area contributed by atoms with E-state index in [9.17, 15) is 13.2 Å². The SMILES string of the molecule is CC(C)COC(=O)c1cc(Cl)cc(S(=O)(=O)Cl)c1. The summed E-state index contributed by atoms with van der Waals surface area (Å²) in [5.41, 5.74) is 0.0578. The summed E-state index contributed by atoms with van der Waals surface area (Å²) in [6.07, 6.45) is 0. The number of hydrogen-bond donors (Lipinski definition) is 0. The molecule has 1 aromatic carbocycles. The number of benzene rings is 1. The molecule has 18 heavy (non-hydrogen) atoms. The normalized spacial score (nSPS) is 11.6. The Kier molecular flexibility index (Phi) is 5.01. The van der Waals surface area contributed by atoms with E-state index in [4.69, 9.17) is 27.0 Å². The molecule has 0 atom stereocenters. The highest BCUT2D eigenvalue weighted by Gasteiger charge is 2.16. The molecule has 0 saturated heterocycles. The summed E-state index contributed by atoms with van der Waals surface area (Å²) in [4.78, 5) is 11.4. The minimum Gasteiger partial charge on any atom is -0.462 e. The van der Waals surface area contributed by atoms with Crippen molar-refractivity contribution >= 4 is 37.3 Å². The van der Waals surface area contributed by atoms with Crippen LogP contribution in [0.4, 0.5) is 0 Å². The molecule has 0 aliphatic carbocycles. The van der Waals surface area contributed by atoms with Crippen LogP contribution in [-0.4, -0.2) is 21.0 Å². The van der Waals surface area contributed by atoms with Gasteiger partial charge in [-0.05, 0) is 24.1 Å². The van der Waals surface area contributed by atoms with Crippen molar-refractivity contribution in [1.82, 2.24) is 0 Å². The summed E-state index contributed by atoms with van der Waals surface area (Å²) in [7, 11) is 1.26. The lowest BCUT2D eigenvalue weighted by atomic mass is 10.2. The van der Waals surface area contributed by atoms with E-state index >= 15 is 0 Å². The molecule has 0 N–H and O–H groups in total. The third kappa shape index (κ3) is 4.48. The van der Waals surface area contributed by atoms with Crippen LogP contribution in [0.3, 0.4) is 0 Å². The maximum Gasteiger partial charge on any atom is 0.338 e. The molecule has 0 saturated carbocycles. The lowest BCUT2D eigenvalue weighted by Gasteiger charge is -2.08. The summed E-state index contributed by atoms with van der Waals surface area (Å²) < 4.78 is 27.3. The van der Waals surface area contributed by atoms with Gasteiger partial charge in [0.05, 0.1) is 17.1 Å². The maximum atomic E-state index is 11.7. The number of esters is 1. The summed E-state index contributed by atoms with van der Waals surface area (Å²) in [6.45, 7) is 4.02. The second-order valence-electron chi connectivity index (χ2n) is 4.11. The van der Waals surface area contributed by atoms with Crippen LogP contribution in [0.5, 0.6) is 0 Å². The Morgan fingerprint density at radius 1 is 1.33 bits per heavy atom. The fraction of sp³-hybridized carbons (Fsp3) is 0.364. The monoisotopic (exact) mass is 310 g/mol. The highest BCUT2D eigenvalue weighted by molar-refractivity contribution is 8.13. The van der Waals surface area contributed by atoms with Gasteiger partial charge in [0, 0.05) is 15.7 Å². The van der Waals surface area contributed by atoms with Gasteiger partial charge in [0.25, 0.3) is 9.05 Å². The van der Waals surface area contributed by atoms with E-state index in [0.29, 0.717) is 0 Å². The molecule has 0 aliphatic heterocycles. The van der Waals surface area contributed by atoms with Gasteiger partial charge in [-0.3, -0.25) is 0 Å². The third-order valence-corrected chi connectivity index (χ3v) is 3.49. The van der Waals surface area contributed by atoms with Gasteiger partial charge in [0.1, 0.15) is 0 Å². The van der Waals surface area contributed by atoms with Gasteiger partial charge >= 0.3 is 5.97 Å². The van der Waals surface area contributed by atoms with Crippen molar-refractivity contribution in [3.05, 3.63) is 28.8 Å². The highest BCUT2D eigenvalue weighted by Crippen LogP contribution is 2.22. The Bertz CT molecular complexity index is 552. The summed E-state index contributed by atoms with van der Waals surface area (Å²) in [5, 5.41) is 0.105. The van der Waals surface area contributed by atoms with Crippen LogP contribution in [0.15, 0.2) is 23.1 Å². The number of halogens is 2. The lowest BCUT2D eigenvalue weighted by molar-refractivity contribution is 0.0458. The molecule has 7 heteroatoms. The van der Waals surface area contributed by atoms with Crippen molar-refractivity contribution in [3.63, 3.8) is 0 Å². The Morgan fingerprint density at radius 2 is 1.94 bits per heavy atom. The smallest absolute Gasteiger partial charge is 0.338 e. The van der Waals surface area contributed by atoms with Crippen molar-refractivity contribution in [3.8, 4) is 0 Å². The third-order valence-electron chi connectivity index (χ3n) is 1.94. The zero-order chi connectivity index (χ0) is 13.9. The molecule has 1 rings (SSSR count). The van der Waals surface area contributed by atoms with Crippen LogP contribution in [0.25, 0.3) is 0 Å². The van der Waals surface area contributed by atoms with Gasteiger partial charge in [-0.25, -0.2) is 13.2 Å². The highest BCUT2D eigenvalue weighted by atomic mass is 35.7. The van der Waals surface area contributed by atoms with Crippen LogP contribution in [0, 0.1) is 5.92 Å². The second-order valence-corrected chi connectivity index (χ2v) is 7.11. The van der Waals surface area contributed by atoms with Crippen LogP contribution in [-0.2, 0) is 13.8 Å². The molecule has 0 bridgehead atoms. The molecule has 0 heterocycles. The van der Waals surface area contributed by atoms with E-state index in [1.807, 2.05) is 13.8 Å². The second kappa shape index (κ2) is 5.91. The van der Waals surface area contributed by atoms with Crippen molar-refractivity contribution in [2.75, 3.05) is 6.61 Å². The van der Waals surface area contributed by atoms with Gasteiger partial charge in [-0.15, -0.1) is 0 Å². The van der Waals surface area contributed by atoms with Crippen LogP contribution < -0.4 is 0 Å². The van der Waals surface area contributed by atoms with Gasteiger partial charge in [-0.2, -0.15) is 0 Å². The lowest BCUT2D eigenvalue weighted by Crippen LogP contribution is -2.10. The summed E-state index contributed by atoms with van der Waals surface area (Å²) in [6, 6.07) is 3.63. The first kappa shape index (κ1) is 15.3. The van der Waals surface area contributed by atoms with Crippen molar-refractivity contribution in [2.24, 2.45) is 5.92 Å². The predicted molar refractivity (Wildman–Crippen MR) is 69.6 cm³/mol. The Balaban J connectivity index is 3.03. The molecule has 1 aromatic rings. The maximum absolute atomic E-state index is 11.7. The Labute approximate surface area is 115 Å². The molecular weight excluding hydrogens is 299 g/mol. The first-order valence-electron chi connectivity index (χ1n) is 5.12. The molecule has 0 amide bonds. The average Bonchev–Trinajstić information content (AvgIpc) is 2.23. The van der Waals surface area contributed by atoms with E-state index in [-0.39, 0.29) is 28.0 Å². The molecule has 4 nitrogen and oxygen atoms in total. The quantitative estimate of drug-likeness (QED) is 0.633. The Hall–Kier alpha value is -0.780. The van der Waals surface area contributed by atoms with Gasteiger partial charge in [-0.1, -0.05) is 25.4 Å². The minimum atomic E-state index is -3.93. The van der Waals surface area contributed by atoms with E-state index in [0.717, 1.165) is 6.07 Å². The van der Waals surface area contributed by atoms with E-state index in [1.54, 1.807) is 0 Å². The number of carbonyl (C=O) groups excluding carboxylic acids is 1. The zero-order valence-corrected chi connectivity index (χ0v) is 12.1. The fourth-order valence-electron chi connectivity index (χ4n) is 1.15. The molecular formula is C11H12Cl2O4S. The molecule has 0 fully saturated rings. The minimum absolute atomic E-state index is 0.0578. The van der Waals surface area contributed by atoms with Crippen molar-refractivity contribution in [2.45, 2.75) is 18.7 Å². The zero-order valence-electron chi connectivity index (χ0n) is 9.81. The molecule has 0 aliphatic rings. The molecule has 0 spiro atoms. The first-order chi connectivity index (χ1) is 8.20. The molecule has 0 unspecified atom stereocenters. The molecule has 100 valence electrons. The first-order valence-corrected chi connectivity index (χ1v) is 7.81. The van der Waals surface area contributed by atoms with Gasteiger partial charge in [0.15, 0.2) is 0 Å². The number of ether oxygens (including phenoxy) is 1. The van der Waals surface area contributed by atoms with Crippen molar-refractivity contribution in [1.29, 1.82) is 0 Å². The molecule has 0 aromatic heterocycles. The predicted octanol–water partition coefficient (Wildman–Crippen LogP) is 3.08. The number of carbonyl (C=O) groups is 1. The van der Waals surface area contributed by atoms with Gasteiger partial charge in [0.2, 0.25) is 0 Å². The van der Waals surface area contributed by atoms with Crippen LogP contribution >= 0.6 is 22.3 Å². The summed E-state index contributed by atoms with van der Waals surface area (Å²) in [5.74, 6) is -0.447. The molecule has 0 radical (unpaired) electrons. The Morgan fingerprint density at radius 3 is 2.44 bits per heavy atom. The number of hydrogen-bond acceptors (Lipinski definition) is 4. The topological polar surface area (TPSA) is 60.4 Å². The van der Waals surface area contributed by atoms with Crippen LogP contribution in [0.1, 0.15) is 24.2 Å². The van der Waals surface area contributed by atoms with E-state index in [1.165, 1.54) is 12.1 Å². The van der Waals surface area contributed by atoms with Crippen molar-refractivity contribution < 1.29 is 17.9 Å².